The SMILES string of the molecule is COc1cccc(/C=C/C(=O)OCc2cc(=O)c(OCCC(C)C)co2)c1. The van der Waals surface area contributed by atoms with Crippen molar-refractivity contribution in [3.05, 3.63) is 64.2 Å². The molecular weight excluding hydrogens is 348 g/mol. The second kappa shape index (κ2) is 10.2. The molecule has 0 aliphatic rings. The lowest BCUT2D eigenvalue weighted by molar-refractivity contribution is -0.139. The maximum atomic E-state index is 12.0. The maximum Gasteiger partial charge on any atom is 0.331 e. The number of carbonyl (C=O) groups is 1. The Kier molecular flexibility index (Phi) is 7.67. The number of esters is 1. The van der Waals surface area contributed by atoms with Crippen molar-refractivity contribution in [2.45, 2.75) is 26.9 Å². The molecule has 0 spiro atoms. The van der Waals surface area contributed by atoms with Gasteiger partial charge in [-0.1, -0.05) is 26.0 Å². The van der Waals surface area contributed by atoms with E-state index in [2.05, 4.69) is 13.8 Å². The van der Waals surface area contributed by atoms with Crippen LogP contribution in [-0.2, 0) is 16.1 Å². The van der Waals surface area contributed by atoms with Crippen LogP contribution >= 0.6 is 0 Å². The Balaban J connectivity index is 1.86. The van der Waals surface area contributed by atoms with Crippen molar-refractivity contribution in [1.29, 1.82) is 0 Å². The summed E-state index contributed by atoms with van der Waals surface area (Å²) >= 11 is 0. The molecular formula is C21H24O6. The predicted molar refractivity (Wildman–Crippen MR) is 102 cm³/mol. The second-order valence-electron chi connectivity index (χ2n) is 6.32. The molecule has 0 bridgehead atoms. The standard InChI is InChI=1S/C21H24O6/c1-15(2)9-10-25-20-14-26-18(12-19(20)22)13-27-21(23)8-7-16-5-4-6-17(11-16)24-3/h4-8,11-12,14-15H,9-10,13H2,1-3H3/b8-7+. The number of rotatable bonds is 9. The maximum absolute atomic E-state index is 12.0. The summed E-state index contributed by atoms with van der Waals surface area (Å²) in [5, 5.41) is 0. The summed E-state index contributed by atoms with van der Waals surface area (Å²) in [6, 6.07) is 8.53. The third-order valence-electron chi connectivity index (χ3n) is 3.67. The van der Waals surface area contributed by atoms with Gasteiger partial charge in [0.1, 0.15) is 24.4 Å². The minimum atomic E-state index is -0.544. The van der Waals surface area contributed by atoms with Crippen LogP contribution in [0.1, 0.15) is 31.6 Å². The minimum absolute atomic E-state index is 0.136. The molecule has 0 N–H and O–H groups in total. The fraction of sp³-hybridized carbons (Fsp3) is 0.333. The predicted octanol–water partition coefficient (Wildman–Crippen LogP) is 3.83. The largest absolute Gasteiger partial charge is 0.497 e. The first-order valence-electron chi connectivity index (χ1n) is 8.71. The Hall–Kier alpha value is -3.02. The van der Waals surface area contributed by atoms with E-state index in [9.17, 15) is 9.59 Å². The van der Waals surface area contributed by atoms with E-state index < -0.39 is 5.97 Å². The molecule has 6 heteroatoms. The van der Waals surface area contributed by atoms with Crippen molar-refractivity contribution in [1.82, 2.24) is 0 Å². The third-order valence-corrected chi connectivity index (χ3v) is 3.67. The number of hydrogen-bond donors (Lipinski definition) is 0. The Morgan fingerprint density at radius 1 is 1.26 bits per heavy atom. The lowest BCUT2D eigenvalue weighted by atomic mass is 10.1. The average molecular weight is 372 g/mol. The highest BCUT2D eigenvalue weighted by Gasteiger charge is 2.07. The van der Waals surface area contributed by atoms with Crippen LogP contribution in [0.4, 0.5) is 0 Å². The van der Waals surface area contributed by atoms with E-state index >= 15 is 0 Å². The van der Waals surface area contributed by atoms with Gasteiger partial charge in [0.05, 0.1) is 13.7 Å². The van der Waals surface area contributed by atoms with Crippen LogP contribution in [0, 0.1) is 5.92 Å². The van der Waals surface area contributed by atoms with Gasteiger partial charge < -0.3 is 18.6 Å². The van der Waals surface area contributed by atoms with Gasteiger partial charge in [-0.3, -0.25) is 4.79 Å². The summed E-state index contributed by atoms with van der Waals surface area (Å²) in [5.74, 6) is 1.05. The normalized spacial score (nSPS) is 11.0. The number of ether oxygens (including phenoxy) is 3. The van der Waals surface area contributed by atoms with Gasteiger partial charge in [0, 0.05) is 12.1 Å². The number of carbonyl (C=O) groups excluding carboxylic acids is 1. The van der Waals surface area contributed by atoms with Crippen LogP contribution in [-0.4, -0.2) is 19.7 Å². The van der Waals surface area contributed by atoms with Gasteiger partial charge in [0.2, 0.25) is 11.2 Å². The van der Waals surface area contributed by atoms with E-state index in [1.807, 2.05) is 18.2 Å². The van der Waals surface area contributed by atoms with Gasteiger partial charge in [0.25, 0.3) is 0 Å². The van der Waals surface area contributed by atoms with Gasteiger partial charge in [-0.25, -0.2) is 4.79 Å². The molecule has 1 aromatic heterocycles. The summed E-state index contributed by atoms with van der Waals surface area (Å²) in [5.41, 5.74) is 0.503. The van der Waals surface area contributed by atoms with Crippen LogP contribution in [0.15, 0.2) is 51.9 Å². The van der Waals surface area contributed by atoms with Crippen LogP contribution in [0.3, 0.4) is 0 Å². The molecule has 0 aliphatic carbocycles. The molecule has 1 aromatic carbocycles. The first-order valence-corrected chi connectivity index (χ1v) is 8.71. The fourth-order valence-corrected chi connectivity index (χ4v) is 2.12. The van der Waals surface area contributed by atoms with Gasteiger partial charge in [-0.2, -0.15) is 0 Å². The monoisotopic (exact) mass is 372 g/mol. The zero-order valence-corrected chi connectivity index (χ0v) is 15.8. The van der Waals surface area contributed by atoms with E-state index in [4.69, 9.17) is 18.6 Å². The van der Waals surface area contributed by atoms with Crippen molar-refractivity contribution in [2.24, 2.45) is 5.92 Å². The molecule has 0 radical (unpaired) electrons. The second-order valence-corrected chi connectivity index (χ2v) is 6.32. The summed E-state index contributed by atoms with van der Waals surface area (Å²) in [6.45, 7) is 4.46. The molecule has 27 heavy (non-hydrogen) atoms. The topological polar surface area (TPSA) is 75.0 Å². The van der Waals surface area contributed by atoms with E-state index in [-0.39, 0.29) is 23.5 Å². The summed E-state index contributed by atoms with van der Waals surface area (Å²) in [4.78, 5) is 23.8. The van der Waals surface area contributed by atoms with Gasteiger partial charge >= 0.3 is 5.97 Å². The van der Waals surface area contributed by atoms with Gasteiger partial charge in [-0.15, -0.1) is 0 Å². The zero-order chi connectivity index (χ0) is 19.6. The molecule has 0 unspecified atom stereocenters. The van der Waals surface area contributed by atoms with Gasteiger partial charge in [-0.05, 0) is 36.1 Å². The zero-order valence-electron chi connectivity index (χ0n) is 15.8. The van der Waals surface area contributed by atoms with E-state index in [1.54, 1.807) is 19.3 Å². The number of benzene rings is 1. The Bertz CT molecular complexity index is 835. The molecule has 1 heterocycles. The highest BCUT2D eigenvalue weighted by atomic mass is 16.5. The van der Waals surface area contributed by atoms with Crippen molar-refractivity contribution in [3.63, 3.8) is 0 Å². The molecule has 144 valence electrons. The molecule has 0 saturated carbocycles. The van der Waals surface area contributed by atoms with Crippen molar-refractivity contribution in [3.8, 4) is 11.5 Å². The molecule has 0 amide bonds. The Morgan fingerprint density at radius 3 is 2.78 bits per heavy atom. The Morgan fingerprint density at radius 2 is 2.07 bits per heavy atom. The molecule has 2 rings (SSSR count). The molecule has 0 aliphatic heterocycles. The lowest BCUT2D eigenvalue weighted by Crippen LogP contribution is -2.11. The smallest absolute Gasteiger partial charge is 0.331 e. The van der Waals surface area contributed by atoms with Crippen LogP contribution in [0.2, 0.25) is 0 Å². The molecule has 6 nitrogen and oxygen atoms in total. The molecule has 0 atom stereocenters. The van der Waals surface area contributed by atoms with E-state index in [0.717, 1.165) is 12.0 Å². The third kappa shape index (κ3) is 7.01. The van der Waals surface area contributed by atoms with E-state index in [0.29, 0.717) is 18.3 Å². The highest BCUT2D eigenvalue weighted by Crippen LogP contribution is 2.14. The summed E-state index contributed by atoms with van der Waals surface area (Å²) in [7, 11) is 1.57. The lowest BCUT2D eigenvalue weighted by Gasteiger charge is -2.07. The number of hydrogen-bond acceptors (Lipinski definition) is 6. The molecule has 0 saturated heterocycles. The molecule has 2 aromatic rings. The van der Waals surface area contributed by atoms with E-state index in [1.165, 1.54) is 18.4 Å². The van der Waals surface area contributed by atoms with Crippen molar-refractivity contribution >= 4 is 12.0 Å². The quantitative estimate of drug-likeness (QED) is 0.492. The van der Waals surface area contributed by atoms with Crippen LogP contribution in [0.25, 0.3) is 6.08 Å². The minimum Gasteiger partial charge on any atom is -0.497 e. The fourth-order valence-electron chi connectivity index (χ4n) is 2.12. The summed E-state index contributed by atoms with van der Waals surface area (Å²) in [6.07, 6.45) is 5.01. The van der Waals surface area contributed by atoms with Crippen molar-refractivity contribution < 1.29 is 23.4 Å². The van der Waals surface area contributed by atoms with Gasteiger partial charge in [0.15, 0.2) is 0 Å². The summed E-state index contributed by atoms with van der Waals surface area (Å²) < 4.78 is 20.9. The average Bonchev–Trinajstić information content (AvgIpc) is 2.66. The Labute approximate surface area is 158 Å². The van der Waals surface area contributed by atoms with Crippen LogP contribution < -0.4 is 14.9 Å². The van der Waals surface area contributed by atoms with Crippen molar-refractivity contribution in [2.75, 3.05) is 13.7 Å². The first kappa shape index (κ1) is 20.3. The highest BCUT2D eigenvalue weighted by molar-refractivity contribution is 5.87. The molecule has 0 fully saturated rings. The number of methoxy groups -OCH3 is 1. The van der Waals surface area contributed by atoms with Crippen LogP contribution in [0.5, 0.6) is 11.5 Å². The first-order chi connectivity index (χ1) is 13.0.